The van der Waals surface area contributed by atoms with E-state index in [4.69, 9.17) is 5.73 Å². The smallest absolute Gasteiger partial charge is 0.230 e. The zero-order valence-electron chi connectivity index (χ0n) is 11.3. The van der Waals surface area contributed by atoms with Gasteiger partial charge in [-0.25, -0.2) is 0 Å². The quantitative estimate of drug-likeness (QED) is 0.746. The Morgan fingerprint density at radius 1 is 1.33 bits per heavy atom. The summed E-state index contributed by atoms with van der Waals surface area (Å²) in [6.45, 7) is 7.17. The highest BCUT2D eigenvalue weighted by Crippen LogP contribution is 2.26. The molecule has 0 aliphatic carbocycles. The van der Waals surface area contributed by atoms with E-state index in [0.717, 1.165) is 17.9 Å². The van der Waals surface area contributed by atoms with E-state index < -0.39 is 0 Å². The van der Waals surface area contributed by atoms with Gasteiger partial charge in [-0.1, -0.05) is 26.0 Å². The fraction of sp³-hybridized carbons (Fsp3) is 0.500. The van der Waals surface area contributed by atoms with Crippen LogP contribution in [0.5, 0.6) is 0 Å². The van der Waals surface area contributed by atoms with Crippen LogP contribution in [0.2, 0.25) is 0 Å². The van der Waals surface area contributed by atoms with Crippen molar-refractivity contribution in [2.24, 2.45) is 5.73 Å². The summed E-state index contributed by atoms with van der Waals surface area (Å²) in [4.78, 5) is 12.3. The van der Waals surface area contributed by atoms with Crippen molar-refractivity contribution in [1.29, 1.82) is 0 Å². The Balaban J connectivity index is 2.67. The third-order valence-corrected chi connectivity index (χ3v) is 4.25. The third-order valence-electron chi connectivity index (χ3n) is 2.86. The maximum absolute atomic E-state index is 11.2. The molecule has 0 fully saturated rings. The third kappa shape index (κ3) is 4.35. The molecule has 0 bridgehead atoms. The first-order valence-electron chi connectivity index (χ1n) is 6.37. The molecule has 0 aliphatic heterocycles. The molecule has 0 radical (unpaired) electrons. The largest absolute Gasteiger partial charge is 0.369 e. The van der Waals surface area contributed by atoms with Gasteiger partial charge in [0, 0.05) is 10.9 Å². The van der Waals surface area contributed by atoms with E-state index in [1.54, 1.807) is 0 Å². The Labute approximate surface area is 114 Å². The summed E-state index contributed by atoms with van der Waals surface area (Å²) in [5, 5.41) is 3.23. The molecule has 2 unspecified atom stereocenters. The molecular formula is C14H22N2OS. The zero-order chi connectivity index (χ0) is 13.5. The molecule has 2 atom stereocenters. The molecule has 1 aromatic rings. The standard InChI is InChI=1S/C14H22N2OS/c1-4-13(14(15)17)18-12-8-6-11(7-9-12)10(3)16-5-2/h6-10,13,16H,4-5H2,1-3H3,(H2,15,17). The van der Waals surface area contributed by atoms with E-state index in [-0.39, 0.29) is 11.2 Å². The van der Waals surface area contributed by atoms with Gasteiger partial charge in [0.25, 0.3) is 0 Å². The Morgan fingerprint density at radius 3 is 2.39 bits per heavy atom. The Morgan fingerprint density at radius 2 is 1.94 bits per heavy atom. The molecule has 0 spiro atoms. The van der Waals surface area contributed by atoms with Crippen LogP contribution < -0.4 is 11.1 Å². The lowest BCUT2D eigenvalue weighted by molar-refractivity contribution is -0.117. The van der Waals surface area contributed by atoms with Crippen LogP contribution in [0.3, 0.4) is 0 Å². The maximum Gasteiger partial charge on any atom is 0.230 e. The van der Waals surface area contributed by atoms with E-state index in [9.17, 15) is 4.79 Å². The number of primary amides is 1. The number of nitrogens with one attached hydrogen (secondary N) is 1. The molecule has 4 heteroatoms. The van der Waals surface area contributed by atoms with Crippen LogP contribution in [0.25, 0.3) is 0 Å². The second kappa shape index (κ2) is 7.44. The number of hydrogen-bond donors (Lipinski definition) is 2. The van der Waals surface area contributed by atoms with Gasteiger partial charge in [-0.2, -0.15) is 0 Å². The van der Waals surface area contributed by atoms with Crippen molar-refractivity contribution in [2.45, 2.75) is 43.4 Å². The average Bonchev–Trinajstić information content (AvgIpc) is 2.36. The number of nitrogens with two attached hydrogens (primary N) is 1. The molecule has 100 valence electrons. The van der Waals surface area contributed by atoms with Gasteiger partial charge in [-0.05, 0) is 37.6 Å². The summed E-state index contributed by atoms with van der Waals surface area (Å²) >= 11 is 1.54. The van der Waals surface area contributed by atoms with Gasteiger partial charge < -0.3 is 11.1 Å². The molecule has 0 saturated heterocycles. The van der Waals surface area contributed by atoms with Crippen molar-refractivity contribution in [3.05, 3.63) is 29.8 Å². The van der Waals surface area contributed by atoms with E-state index in [0.29, 0.717) is 6.04 Å². The molecule has 0 heterocycles. The van der Waals surface area contributed by atoms with Crippen molar-refractivity contribution in [3.63, 3.8) is 0 Å². The highest BCUT2D eigenvalue weighted by atomic mass is 32.2. The van der Waals surface area contributed by atoms with E-state index in [2.05, 4.69) is 43.4 Å². The Kier molecular flexibility index (Phi) is 6.22. The summed E-state index contributed by atoms with van der Waals surface area (Å²) in [6.07, 6.45) is 0.759. The number of carbonyl (C=O) groups is 1. The minimum absolute atomic E-state index is 0.137. The van der Waals surface area contributed by atoms with Crippen LogP contribution in [-0.2, 0) is 4.79 Å². The number of amides is 1. The first-order valence-corrected chi connectivity index (χ1v) is 7.25. The molecule has 1 aromatic carbocycles. The fourth-order valence-electron chi connectivity index (χ4n) is 1.77. The van der Waals surface area contributed by atoms with E-state index >= 15 is 0 Å². The Hall–Kier alpha value is -1.00. The summed E-state index contributed by atoms with van der Waals surface area (Å²) < 4.78 is 0. The summed E-state index contributed by atoms with van der Waals surface area (Å²) in [6, 6.07) is 8.66. The first kappa shape index (κ1) is 15.1. The van der Waals surface area contributed by atoms with E-state index in [1.807, 2.05) is 6.92 Å². The number of benzene rings is 1. The number of rotatable bonds is 7. The summed E-state index contributed by atoms with van der Waals surface area (Å²) in [5.41, 5.74) is 6.60. The number of carbonyl (C=O) groups excluding carboxylic acids is 1. The SMILES string of the molecule is CCNC(C)c1ccc(SC(CC)C(N)=O)cc1. The summed E-state index contributed by atoms with van der Waals surface area (Å²) in [5.74, 6) is -0.243. The minimum Gasteiger partial charge on any atom is -0.369 e. The first-order chi connectivity index (χ1) is 8.58. The van der Waals surface area contributed by atoms with Gasteiger partial charge >= 0.3 is 0 Å². The topological polar surface area (TPSA) is 55.1 Å². The molecule has 1 amide bonds. The van der Waals surface area contributed by atoms with Crippen molar-refractivity contribution < 1.29 is 4.79 Å². The normalized spacial score (nSPS) is 14.2. The van der Waals surface area contributed by atoms with Gasteiger partial charge in [0.2, 0.25) is 5.91 Å². The van der Waals surface area contributed by atoms with E-state index in [1.165, 1.54) is 17.3 Å². The van der Waals surface area contributed by atoms with Crippen molar-refractivity contribution >= 4 is 17.7 Å². The van der Waals surface area contributed by atoms with Crippen molar-refractivity contribution in [1.82, 2.24) is 5.32 Å². The van der Waals surface area contributed by atoms with Gasteiger partial charge in [0.05, 0.1) is 5.25 Å². The maximum atomic E-state index is 11.2. The van der Waals surface area contributed by atoms with Crippen molar-refractivity contribution in [3.8, 4) is 0 Å². The van der Waals surface area contributed by atoms with Gasteiger partial charge in [-0.15, -0.1) is 11.8 Å². The van der Waals surface area contributed by atoms with Crippen LogP contribution in [0, 0.1) is 0 Å². The van der Waals surface area contributed by atoms with Gasteiger partial charge in [-0.3, -0.25) is 4.79 Å². The predicted molar refractivity (Wildman–Crippen MR) is 77.7 cm³/mol. The second-order valence-corrected chi connectivity index (χ2v) is 5.54. The van der Waals surface area contributed by atoms with Crippen LogP contribution >= 0.6 is 11.8 Å². The van der Waals surface area contributed by atoms with Crippen LogP contribution in [0.15, 0.2) is 29.2 Å². The molecule has 3 nitrogen and oxygen atoms in total. The fourth-order valence-corrected chi connectivity index (χ4v) is 2.67. The Bertz CT molecular complexity index is 378. The highest BCUT2D eigenvalue weighted by Gasteiger charge is 2.14. The second-order valence-electron chi connectivity index (χ2n) is 4.27. The molecule has 0 aromatic heterocycles. The minimum atomic E-state index is -0.243. The monoisotopic (exact) mass is 266 g/mol. The van der Waals surface area contributed by atoms with Gasteiger partial charge in [0.1, 0.15) is 0 Å². The van der Waals surface area contributed by atoms with Crippen LogP contribution in [-0.4, -0.2) is 17.7 Å². The molecule has 18 heavy (non-hydrogen) atoms. The predicted octanol–water partition coefficient (Wildman–Crippen LogP) is 2.71. The zero-order valence-corrected chi connectivity index (χ0v) is 12.1. The molecule has 0 saturated carbocycles. The van der Waals surface area contributed by atoms with Gasteiger partial charge in [0.15, 0.2) is 0 Å². The lowest BCUT2D eigenvalue weighted by Crippen LogP contribution is -2.24. The average molecular weight is 266 g/mol. The number of hydrogen-bond acceptors (Lipinski definition) is 3. The highest BCUT2D eigenvalue weighted by molar-refractivity contribution is 8.00. The lowest BCUT2D eigenvalue weighted by atomic mass is 10.1. The lowest BCUT2D eigenvalue weighted by Gasteiger charge is -2.14. The van der Waals surface area contributed by atoms with Crippen molar-refractivity contribution in [2.75, 3.05) is 6.54 Å². The molecule has 1 rings (SSSR count). The molecule has 3 N–H and O–H groups in total. The molecule has 0 aliphatic rings. The number of thioether (sulfide) groups is 1. The van der Waals surface area contributed by atoms with Crippen LogP contribution in [0.4, 0.5) is 0 Å². The van der Waals surface area contributed by atoms with Crippen LogP contribution in [0.1, 0.15) is 38.8 Å². The summed E-state index contributed by atoms with van der Waals surface area (Å²) in [7, 11) is 0. The molecular weight excluding hydrogens is 244 g/mol.